The molecule has 0 saturated carbocycles. The van der Waals surface area contributed by atoms with Gasteiger partial charge in [-0.05, 0) is 43.3 Å². The first-order valence-electron chi connectivity index (χ1n) is 10.5. The second-order valence-electron chi connectivity index (χ2n) is 7.91. The molecule has 4 rings (SSSR count). The van der Waals surface area contributed by atoms with Crippen LogP contribution < -0.4 is 15.1 Å². The summed E-state index contributed by atoms with van der Waals surface area (Å²) in [4.78, 5) is 30.2. The summed E-state index contributed by atoms with van der Waals surface area (Å²) in [7, 11) is 1.54. The zero-order valence-electron chi connectivity index (χ0n) is 18.8. The highest BCUT2D eigenvalue weighted by molar-refractivity contribution is 6.28. The lowest BCUT2D eigenvalue weighted by atomic mass is 10.0. The quantitative estimate of drug-likeness (QED) is 0.513. The van der Waals surface area contributed by atoms with Gasteiger partial charge in [-0.15, -0.1) is 0 Å². The van der Waals surface area contributed by atoms with Gasteiger partial charge in [-0.2, -0.15) is 10.1 Å². The molecular formula is C25H24F2N4O3. The molecule has 2 heterocycles. The summed E-state index contributed by atoms with van der Waals surface area (Å²) in [6.07, 6.45) is 3.32. The number of methoxy groups -OCH3 is 1. The summed E-state index contributed by atoms with van der Waals surface area (Å²) in [5.74, 6) is -4.85. The monoisotopic (exact) mass is 466 g/mol. The summed E-state index contributed by atoms with van der Waals surface area (Å²) in [5, 5.41) is 8.01. The molecular weight excluding hydrogens is 442 g/mol. The van der Waals surface area contributed by atoms with Crippen LogP contribution in [0, 0.1) is 5.92 Å². The van der Waals surface area contributed by atoms with Crippen LogP contribution in [0.3, 0.4) is 0 Å². The standard InChI is InChI=1S/C25H22F2N4O3.H2/c1-15-22(23(32)29-18-8-4-7-17(12-18)25(2,26)27)24(33)31(30-15)19-9-10-21(34-3)20(13-19)16-6-5-11-28-14-16;/h4-14,22H,1-3H3,(H,29,32);1H. The maximum absolute atomic E-state index is 13.6. The number of anilines is 2. The molecule has 0 saturated heterocycles. The number of nitrogens with zero attached hydrogens (tertiary/aromatic N) is 3. The second kappa shape index (κ2) is 9.01. The van der Waals surface area contributed by atoms with Crippen LogP contribution in [0.5, 0.6) is 5.75 Å². The van der Waals surface area contributed by atoms with E-state index in [0.717, 1.165) is 17.5 Å². The predicted molar refractivity (Wildman–Crippen MR) is 127 cm³/mol. The van der Waals surface area contributed by atoms with Crippen molar-refractivity contribution in [3.8, 4) is 16.9 Å². The minimum absolute atomic E-state index is 0. The number of rotatable bonds is 6. The van der Waals surface area contributed by atoms with Gasteiger partial charge in [0, 0.05) is 43.1 Å². The summed E-state index contributed by atoms with van der Waals surface area (Å²) < 4.78 is 32.7. The summed E-state index contributed by atoms with van der Waals surface area (Å²) >= 11 is 0. The highest BCUT2D eigenvalue weighted by atomic mass is 19.3. The van der Waals surface area contributed by atoms with Crippen molar-refractivity contribution in [2.45, 2.75) is 19.8 Å². The molecule has 7 nitrogen and oxygen atoms in total. The molecule has 1 N–H and O–H groups in total. The van der Waals surface area contributed by atoms with E-state index in [0.29, 0.717) is 22.7 Å². The van der Waals surface area contributed by atoms with Crippen LogP contribution in [0.4, 0.5) is 20.2 Å². The fraction of sp³-hybridized carbons (Fsp3) is 0.200. The maximum Gasteiger partial charge on any atom is 0.270 e. The smallest absolute Gasteiger partial charge is 0.270 e. The van der Waals surface area contributed by atoms with Gasteiger partial charge in [0.2, 0.25) is 5.91 Å². The number of nitrogens with one attached hydrogen (secondary N) is 1. The number of amides is 2. The van der Waals surface area contributed by atoms with E-state index < -0.39 is 23.7 Å². The largest absolute Gasteiger partial charge is 0.496 e. The third kappa shape index (κ3) is 4.50. The van der Waals surface area contributed by atoms with Crippen LogP contribution in [-0.2, 0) is 15.5 Å². The molecule has 1 unspecified atom stereocenters. The Bertz CT molecular complexity index is 1280. The minimum atomic E-state index is -3.06. The van der Waals surface area contributed by atoms with Crippen LogP contribution in [0.2, 0.25) is 0 Å². The Labute approximate surface area is 196 Å². The van der Waals surface area contributed by atoms with E-state index in [-0.39, 0.29) is 12.7 Å². The van der Waals surface area contributed by atoms with E-state index in [1.165, 1.54) is 24.3 Å². The summed E-state index contributed by atoms with van der Waals surface area (Å²) in [6.45, 7) is 2.35. The van der Waals surface area contributed by atoms with Gasteiger partial charge < -0.3 is 10.1 Å². The third-order valence-corrected chi connectivity index (χ3v) is 5.43. The molecule has 2 amide bonds. The van der Waals surface area contributed by atoms with Gasteiger partial charge in [0.15, 0.2) is 5.92 Å². The first-order valence-corrected chi connectivity index (χ1v) is 10.5. The number of carbonyl (C=O) groups excluding carboxylic acids is 2. The van der Waals surface area contributed by atoms with Crippen molar-refractivity contribution < 1.29 is 24.5 Å². The number of hydrazone groups is 1. The van der Waals surface area contributed by atoms with Gasteiger partial charge in [-0.3, -0.25) is 14.6 Å². The molecule has 0 spiro atoms. The van der Waals surface area contributed by atoms with Crippen LogP contribution in [0.15, 0.2) is 72.1 Å². The SMILES string of the molecule is COc1ccc(N2N=C(C)C(C(=O)Nc3cccc(C(C)(F)F)c3)C2=O)cc1-c1cccnc1.[HH]. The normalized spacial score (nSPS) is 15.8. The van der Waals surface area contributed by atoms with E-state index in [4.69, 9.17) is 4.74 Å². The first-order chi connectivity index (χ1) is 16.2. The molecule has 1 aliphatic rings. The van der Waals surface area contributed by atoms with Gasteiger partial charge in [-0.1, -0.05) is 18.2 Å². The molecule has 0 radical (unpaired) electrons. The van der Waals surface area contributed by atoms with Crippen molar-refractivity contribution in [1.29, 1.82) is 0 Å². The van der Waals surface area contributed by atoms with Crippen molar-refractivity contribution in [3.05, 3.63) is 72.6 Å². The first kappa shape index (κ1) is 23.0. The van der Waals surface area contributed by atoms with E-state index >= 15 is 0 Å². The minimum Gasteiger partial charge on any atom is -0.496 e. The van der Waals surface area contributed by atoms with Crippen molar-refractivity contribution in [3.63, 3.8) is 0 Å². The fourth-order valence-corrected chi connectivity index (χ4v) is 3.71. The average Bonchev–Trinajstić information content (AvgIpc) is 3.12. The second-order valence-corrected chi connectivity index (χ2v) is 7.91. The number of aromatic nitrogens is 1. The number of benzene rings is 2. The number of ether oxygens (including phenoxy) is 1. The van der Waals surface area contributed by atoms with Gasteiger partial charge in [-0.25, -0.2) is 8.78 Å². The lowest BCUT2D eigenvalue weighted by molar-refractivity contribution is -0.127. The molecule has 34 heavy (non-hydrogen) atoms. The fourth-order valence-electron chi connectivity index (χ4n) is 3.71. The van der Waals surface area contributed by atoms with E-state index in [2.05, 4.69) is 15.4 Å². The number of hydrogen-bond acceptors (Lipinski definition) is 5. The molecule has 0 fully saturated rings. The Balaban J connectivity index is 0.00000342. The molecule has 1 aliphatic heterocycles. The summed E-state index contributed by atoms with van der Waals surface area (Å²) in [6, 6.07) is 14.1. The molecule has 0 aliphatic carbocycles. The predicted octanol–water partition coefficient (Wildman–Crippen LogP) is 5.09. The van der Waals surface area contributed by atoms with Crippen molar-refractivity contribution >= 4 is 28.9 Å². The average molecular weight is 466 g/mol. The van der Waals surface area contributed by atoms with Gasteiger partial charge in [0.1, 0.15) is 5.75 Å². The molecule has 9 heteroatoms. The number of alkyl halides is 2. The van der Waals surface area contributed by atoms with Crippen LogP contribution in [-0.4, -0.2) is 29.6 Å². The van der Waals surface area contributed by atoms with Crippen molar-refractivity contribution in [2.24, 2.45) is 11.0 Å². The Kier molecular flexibility index (Phi) is 6.10. The van der Waals surface area contributed by atoms with Crippen LogP contribution in [0.25, 0.3) is 11.1 Å². The third-order valence-electron chi connectivity index (χ3n) is 5.43. The Morgan fingerprint density at radius 1 is 1.18 bits per heavy atom. The highest BCUT2D eigenvalue weighted by Crippen LogP contribution is 2.35. The topological polar surface area (TPSA) is 83.9 Å². The van der Waals surface area contributed by atoms with E-state index in [1.807, 2.05) is 6.07 Å². The Morgan fingerprint density at radius 3 is 2.65 bits per heavy atom. The molecule has 1 aromatic heterocycles. The Hall–Kier alpha value is -4.14. The van der Waals surface area contributed by atoms with Crippen molar-refractivity contribution in [1.82, 2.24) is 4.98 Å². The number of pyridine rings is 1. The highest BCUT2D eigenvalue weighted by Gasteiger charge is 2.40. The molecule has 176 valence electrons. The lowest BCUT2D eigenvalue weighted by Gasteiger charge is -2.17. The maximum atomic E-state index is 13.6. The van der Waals surface area contributed by atoms with E-state index in [9.17, 15) is 18.4 Å². The number of carbonyl (C=O) groups is 2. The van der Waals surface area contributed by atoms with Crippen molar-refractivity contribution in [2.75, 3.05) is 17.4 Å². The van der Waals surface area contributed by atoms with E-state index in [1.54, 1.807) is 50.7 Å². The number of hydrogen-bond donors (Lipinski definition) is 1. The van der Waals surface area contributed by atoms with Gasteiger partial charge in [0.25, 0.3) is 11.8 Å². The zero-order chi connectivity index (χ0) is 24.5. The van der Waals surface area contributed by atoms with Crippen LogP contribution in [0.1, 0.15) is 20.8 Å². The Morgan fingerprint density at radius 2 is 1.97 bits per heavy atom. The van der Waals surface area contributed by atoms with Gasteiger partial charge >= 0.3 is 0 Å². The molecule has 0 bridgehead atoms. The lowest BCUT2D eigenvalue weighted by Crippen LogP contribution is -2.36. The summed E-state index contributed by atoms with van der Waals surface area (Å²) in [5.41, 5.74) is 2.17. The van der Waals surface area contributed by atoms with Crippen LogP contribution >= 0.6 is 0 Å². The molecule has 3 aromatic rings. The zero-order valence-corrected chi connectivity index (χ0v) is 18.8. The number of halogens is 2. The molecule has 2 aromatic carbocycles. The molecule has 1 atom stereocenters. The van der Waals surface area contributed by atoms with Gasteiger partial charge in [0.05, 0.1) is 18.5 Å².